The van der Waals surface area contributed by atoms with Crippen molar-refractivity contribution in [2.45, 2.75) is 45.4 Å². The fourth-order valence-corrected chi connectivity index (χ4v) is 3.14. The number of amides is 1. The number of carbonyl (C=O) groups is 1. The minimum atomic E-state index is 0.0316. The van der Waals surface area contributed by atoms with E-state index in [1.165, 1.54) is 25.7 Å². The first-order valence-electron chi connectivity index (χ1n) is 8.99. The molecule has 0 saturated heterocycles. The molecule has 3 heteroatoms. The van der Waals surface area contributed by atoms with Crippen molar-refractivity contribution in [3.8, 4) is 11.5 Å². The molecule has 0 unspecified atom stereocenters. The fraction of sp³-hybridized carbons (Fsp3) is 0.381. The topological polar surface area (TPSA) is 29.5 Å². The van der Waals surface area contributed by atoms with Crippen LogP contribution >= 0.6 is 0 Å². The highest BCUT2D eigenvalue weighted by Crippen LogP contribution is 2.38. The van der Waals surface area contributed by atoms with Gasteiger partial charge >= 0.3 is 0 Å². The number of fused-ring (bicyclic) bond motifs is 2. The van der Waals surface area contributed by atoms with Gasteiger partial charge in [-0.2, -0.15) is 0 Å². The Morgan fingerprint density at radius 3 is 2.33 bits per heavy atom. The molecule has 3 rings (SSSR count). The van der Waals surface area contributed by atoms with Gasteiger partial charge in [0.1, 0.15) is 5.75 Å². The first-order chi connectivity index (χ1) is 11.8. The maximum absolute atomic E-state index is 13.0. The first-order valence-corrected chi connectivity index (χ1v) is 8.99. The van der Waals surface area contributed by atoms with Crippen LogP contribution in [-0.2, 0) is 0 Å². The Bertz CT molecular complexity index is 696. The smallest absolute Gasteiger partial charge is 0.262 e. The van der Waals surface area contributed by atoms with Crippen molar-refractivity contribution in [2.24, 2.45) is 0 Å². The van der Waals surface area contributed by atoms with Crippen molar-refractivity contribution in [3.63, 3.8) is 0 Å². The molecule has 0 fully saturated rings. The average Bonchev–Trinajstić information content (AvgIpc) is 2.73. The quantitative estimate of drug-likeness (QED) is 0.603. The molecule has 2 aromatic rings. The number of hydrogen-bond donors (Lipinski definition) is 0. The zero-order valence-corrected chi connectivity index (χ0v) is 14.3. The Balaban J connectivity index is 1.78. The van der Waals surface area contributed by atoms with Crippen molar-refractivity contribution in [3.05, 3.63) is 54.1 Å². The number of hydrogen-bond acceptors (Lipinski definition) is 2. The largest absolute Gasteiger partial charge is 0.454 e. The standard InChI is InChI=1S/C21H25NO2/c1-2-3-4-5-6-11-16-22-18-13-8-10-15-20(18)24-19-14-9-7-12-17(19)21(22)23/h7-10,12-15H,2-6,11,16H2,1H3. The number of benzene rings is 2. The summed E-state index contributed by atoms with van der Waals surface area (Å²) in [4.78, 5) is 14.9. The zero-order valence-electron chi connectivity index (χ0n) is 14.3. The second-order valence-corrected chi connectivity index (χ2v) is 6.29. The molecule has 0 N–H and O–H groups in total. The molecule has 0 aromatic heterocycles. The van der Waals surface area contributed by atoms with Crippen LogP contribution in [-0.4, -0.2) is 12.5 Å². The SMILES string of the molecule is CCCCCCCCN1C(=O)c2ccccc2Oc2ccccc21. The number of ether oxygens (including phenoxy) is 1. The van der Waals surface area contributed by atoms with Gasteiger partial charge in [-0.25, -0.2) is 0 Å². The van der Waals surface area contributed by atoms with Gasteiger partial charge in [-0.3, -0.25) is 4.79 Å². The lowest BCUT2D eigenvalue weighted by Crippen LogP contribution is -2.31. The van der Waals surface area contributed by atoms with E-state index in [-0.39, 0.29) is 5.91 Å². The van der Waals surface area contributed by atoms with Crippen LogP contribution in [0.2, 0.25) is 0 Å². The molecule has 1 aliphatic heterocycles. The molecule has 2 aromatic carbocycles. The zero-order chi connectivity index (χ0) is 16.8. The molecule has 126 valence electrons. The minimum absolute atomic E-state index is 0.0316. The van der Waals surface area contributed by atoms with Gasteiger partial charge < -0.3 is 9.64 Å². The third kappa shape index (κ3) is 3.61. The monoisotopic (exact) mass is 323 g/mol. The summed E-state index contributed by atoms with van der Waals surface area (Å²) in [6.45, 7) is 2.96. The van der Waals surface area contributed by atoms with Crippen molar-refractivity contribution >= 4 is 11.6 Å². The minimum Gasteiger partial charge on any atom is -0.454 e. The molecule has 0 atom stereocenters. The van der Waals surface area contributed by atoms with Crippen molar-refractivity contribution in [1.29, 1.82) is 0 Å². The number of rotatable bonds is 7. The summed E-state index contributed by atoms with van der Waals surface area (Å²) in [6.07, 6.45) is 7.26. The Kier molecular flexibility index (Phi) is 5.52. The van der Waals surface area contributed by atoms with Crippen LogP contribution in [0.3, 0.4) is 0 Å². The van der Waals surface area contributed by atoms with Gasteiger partial charge in [0.25, 0.3) is 5.91 Å². The third-order valence-electron chi connectivity index (χ3n) is 4.47. The van der Waals surface area contributed by atoms with Crippen molar-refractivity contribution < 1.29 is 9.53 Å². The van der Waals surface area contributed by atoms with E-state index >= 15 is 0 Å². The van der Waals surface area contributed by atoms with E-state index in [1.807, 2.05) is 53.4 Å². The summed E-state index contributed by atoms with van der Waals surface area (Å²) in [6, 6.07) is 15.3. The fourth-order valence-electron chi connectivity index (χ4n) is 3.14. The molecule has 0 radical (unpaired) electrons. The normalized spacial score (nSPS) is 13.0. The van der Waals surface area contributed by atoms with Crippen LogP contribution < -0.4 is 9.64 Å². The van der Waals surface area contributed by atoms with E-state index in [4.69, 9.17) is 4.74 Å². The Morgan fingerprint density at radius 2 is 1.50 bits per heavy atom. The lowest BCUT2D eigenvalue weighted by molar-refractivity contribution is 0.0986. The van der Waals surface area contributed by atoms with Gasteiger partial charge in [0.15, 0.2) is 5.75 Å². The summed E-state index contributed by atoms with van der Waals surface area (Å²) in [7, 11) is 0. The Morgan fingerprint density at radius 1 is 0.833 bits per heavy atom. The van der Waals surface area contributed by atoms with Gasteiger partial charge in [-0.1, -0.05) is 63.3 Å². The third-order valence-corrected chi connectivity index (χ3v) is 4.47. The molecular formula is C21H25NO2. The van der Waals surface area contributed by atoms with E-state index in [9.17, 15) is 4.79 Å². The molecule has 24 heavy (non-hydrogen) atoms. The molecule has 0 spiro atoms. The molecule has 1 amide bonds. The summed E-state index contributed by atoms with van der Waals surface area (Å²) in [5, 5.41) is 0. The molecule has 3 nitrogen and oxygen atoms in total. The van der Waals surface area contributed by atoms with Crippen LogP contribution in [0.25, 0.3) is 0 Å². The molecular weight excluding hydrogens is 298 g/mol. The molecule has 1 aliphatic rings. The van der Waals surface area contributed by atoms with Gasteiger partial charge in [-0.05, 0) is 30.7 Å². The van der Waals surface area contributed by atoms with Crippen LogP contribution in [0.5, 0.6) is 11.5 Å². The van der Waals surface area contributed by atoms with Crippen molar-refractivity contribution in [1.82, 2.24) is 0 Å². The van der Waals surface area contributed by atoms with E-state index in [1.54, 1.807) is 0 Å². The first kappa shape index (κ1) is 16.6. The predicted molar refractivity (Wildman–Crippen MR) is 98.0 cm³/mol. The summed E-state index contributed by atoms with van der Waals surface area (Å²) in [5.74, 6) is 1.42. The average molecular weight is 323 g/mol. The highest BCUT2D eigenvalue weighted by molar-refractivity contribution is 6.09. The maximum Gasteiger partial charge on any atom is 0.262 e. The molecule has 0 bridgehead atoms. The van der Waals surface area contributed by atoms with Gasteiger partial charge in [0.05, 0.1) is 11.3 Å². The molecule has 0 aliphatic carbocycles. The Labute approximate surface area is 144 Å². The summed E-state index contributed by atoms with van der Waals surface area (Å²) in [5.41, 5.74) is 1.51. The second kappa shape index (κ2) is 8.00. The molecule has 1 heterocycles. The van der Waals surface area contributed by atoms with Gasteiger partial charge in [-0.15, -0.1) is 0 Å². The molecule has 0 saturated carbocycles. The second-order valence-electron chi connectivity index (χ2n) is 6.29. The summed E-state index contributed by atoms with van der Waals surface area (Å²) < 4.78 is 6.00. The van der Waals surface area contributed by atoms with E-state index in [2.05, 4.69) is 6.92 Å². The van der Waals surface area contributed by atoms with Gasteiger partial charge in [0.2, 0.25) is 0 Å². The van der Waals surface area contributed by atoms with Gasteiger partial charge in [0, 0.05) is 6.54 Å². The van der Waals surface area contributed by atoms with Crippen LogP contribution in [0.4, 0.5) is 5.69 Å². The lowest BCUT2D eigenvalue weighted by Gasteiger charge is -2.22. The Hall–Kier alpha value is -2.29. The number of carbonyl (C=O) groups excluding carboxylic acids is 1. The lowest BCUT2D eigenvalue weighted by atomic mass is 10.1. The summed E-state index contributed by atoms with van der Waals surface area (Å²) >= 11 is 0. The van der Waals surface area contributed by atoms with Crippen LogP contribution in [0.15, 0.2) is 48.5 Å². The highest BCUT2D eigenvalue weighted by atomic mass is 16.5. The number of para-hydroxylation sites is 3. The predicted octanol–water partition coefficient (Wildman–Crippen LogP) is 5.80. The maximum atomic E-state index is 13.0. The van der Waals surface area contributed by atoms with Crippen LogP contribution in [0.1, 0.15) is 55.8 Å². The number of nitrogens with zero attached hydrogens (tertiary/aromatic N) is 1. The number of unbranched alkanes of at least 4 members (excludes halogenated alkanes) is 5. The number of anilines is 1. The highest BCUT2D eigenvalue weighted by Gasteiger charge is 2.27. The van der Waals surface area contributed by atoms with E-state index in [0.717, 1.165) is 30.8 Å². The van der Waals surface area contributed by atoms with Crippen LogP contribution in [0, 0.1) is 0 Å². The van der Waals surface area contributed by atoms with E-state index in [0.29, 0.717) is 11.3 Å². The van der Waals surface area contributed by atoms with E-state index < -0.39 is 0 Å². The van der Waals surface area contributed by atoms with Crippen molar-refractivity contribution in [2.75, 3.05) is 11.4 Å².